The maximum atomic E-state index is 12.4. The molecular formula is C63H121NO5. The summed E-state index contributed by atoms with van der Waals surface area (Å²) in [6.45, 7) is 4.95. The predicted octanol–water partition coefficient (Wildman–Crippen LogP) is 19.4. The molecule has 0 fully saturated rings. The highest BCUT2D eigenvalue weighted by Crippen LogP contribution is 2.17. The van der Waals surface area contributed by atoms with E-state index < -0.39 is 12.1 Å². The first-order chi connectivity index (χ1) is 34.0. The number of carbonyl (C=O) groups excluding carboxylic acids is 2. The van der Waals surface area contributed by atoms with E-state index in [1.165, 1.54) is 263 Å². The fourth-order valence-corrected chi connectivity index (χ4v) is 9.69. The van der Waals surface area contributed by atoms with Crippen molar-refractivity contribution in [3.63, 3.8) is 0 Å². The lowest BCUT2D eigenvalue weighted by molar-refractivity contribution is -0.143. The van der Waals surface area contributed by atoms with Gasteiger partial charge in [-0.1, -0.05) is 276 Å². The molecule has 0 heterocycles. The van der Waals surface area contributed by atoms with Crippen LogP contribution in [0.1, 0.15) is 341 Å². The van der Waals surface area contributed by atoms with Gasteiger partial charge < -0.3 is 20.3 Å². The van der Waals surface area contributed by atoms with E-state index in [0.29, 0.717) is 25.9 Å². The quantitative estimate of drug-likeness (QED) is 0.0321. The zero-order chi connectivity index (χ0) is 50.0. The third-order valence-corrected chi connectivity index (χ3v) is 14.5. The molecule has 0 radical (unpaired) electrons. The smallest absolute Gasteiger partial charge is 0.305 e. The maximum absolute atomic E-state index is 12.4. The van der Waals surface area contributed by atoms with Gasteiger partial charge in [-0.15, -0.1) is 0 Å². The Labute approximate surface area is 431 Å². The van der Waals surface area contributed by atoms with Crippen molar-refractivity contribution in [1.29, 1.82) is 0 Å². The van der Waals surface area contributed by atoms with Crippen molar-refractivity contribution in [3.05, 3.63) is 24.3 Å². The molecule has 69 heavy (non-hydrogen) atoms. The van der Waals surface area contributed by atoms with Gasteiger partial charge in [0.25, 0.3) is 0 Å². The van der Waals surface area contributed by atoms with Crippen molar-refractivity contribution in [1.82, 2.24) is 5.32 Å². The number of amides is 1. The normalized spacial score (nSPS) is 12.7. The molecule has 6 heteroatoms. The van der Waals surface area contributed by atoms with Crippen molar-refractivity contribution in [2.24, 2.45) is 0 Å². The Morgan fingerprint density at radius 1 is 0.391 bits per heavy atom. The van der Waals surface area contributed by atoms with E-state index in [0.717, 1.165) is 44.9 Å². The maximum Gasteiger partial charge on any atom is 0.305 e. The Hall–Kier alpha value is -1.66. The van der Waals surface area contributed by atoms with Gasteiger partial charge in [-0.2, -0.15) is 0 Å². The standard InChI is InChI=1S/C63H121NO5/c1-3-5-7-9-11-13-15-16-17-26-30-33-37-41-45-49-53-57-63(68)69-58-54-50-46-42-38-34-31-28-25-23-21-19-18-20-22-24-27-29-32-36-40-44-48-52-56-62(67)64-60(59-65)61(66)55-51-47-43-39-35-14-12-10-8-6-4-2/h16-17,20,22,60-61,65-66H,3-15,18-19,21,23-59H2,1-2H3,(H,64,67)/b17-16-,22-20-. The number of aliphatic hydroxyl groups is 2. The molecule has 0 aromatic rings. The van der Waals surface area contributed by atoms with Gasteiger partial charge in [0.1, 0.15) is 0 Å². The lowest BCUT2D eigenvalue weighted by atomic mass is 10.0. The second-order valence-corrected chi connectivity index (χ2v) is 21.4. The first kappa shape index (κ1) is 67.3. The van der Waals surface area contributed by atoms with E-state index in [1.54, 1.807) is 0 Å². The lowest BCUT2D eigenvalue weighted by Crippen LogP contribution is -2.45. The van der Waals surface area contributed by atoms with E-state index in [4.69, 9.17) is 4.74 Å². The molecule has 1 amide bonds. The van der Waals surface area contributed by atoms with Gasteiger partial charge in [-0.3, -0.25) is 9.59 Å². The Morgan fingerprint density at radius 3 is 1.03 bits per heavy atom. The molecule has 3 N–H and O–H groups in total. The van der Waals surface area contributed by atoms with Crippen LogP contribution in [0.15, 0.2) is 24.3 Å². The second kappa shape index (κ2) is 58.9. The van der Waals surface area contributed by atoms with Crippen LogP contribution in [-0.2, 0) is 14.3 Å². The molecule has 0 saturated carbocycles. The fourth-order valence-electron chi connectivity index (χ4n) is 9.69. The van der Waals surface area contributed by atoms with Crippen LogP contribution >= 0.6 is 0 Å². The van der Waals surface area contributed by atoms with Crippen LogP contribution in [0.5, 0.6) is 0 Å². The third kappa shape index (κ3) is 55.5. The van der Waals surface area contributed by atoms with Gasteiger partial charge in [0.05, 0.1) is 25.4 Å². The van der Waals surface area contributed by atoms with E-state index >= 15 is 0 Å². The van der Waals surface area contributed by atoms with Crippen molar-refractivity contribution < 1.29 is 24.5 Å². The zero-order valence-corrected chi connectivity index (χ0v) is 46.6. The number of allylic oxidation sites excluding steroid dienone is 4. The second-order valence-electron chi connectivity index (χ2n) is 21.4. The summed E-state index contributed by atoms with van der Waals surface area (Å²) >= 11 is 0. The van der Waals surface area contributed by atoms with Crippen LogP contribution < -0.4 is 5.32 Å². The number of rotatable bonds is 58. The van der Waals surface area contributed by atoms with Gasteiger partial charge in [-0.05, 0) is 77.0 Å². The third-order valence-electron chi connectivity index (χ3n) is 14.5. The van der Waals surface area contributed by atoms with Crippen molar-refractivity contribution >= 4 is 11.9 Å². The molecule has 0 aliphatic carbocycles. The molecule has 6 nitrogen and oxygen atoms in total. The van der Waals surface area contributed by atoms with Crippen molar-refractivity contribution in [3.8, 4) is 0 Å². The molecule has 0 spiro atoms. The summed E-state index contributed by atoms with van der Waals surface area (Å²) in [6, 6.07) is -0.543. The summed E-state index contributed by atoms with van der Waals surface area (Å²) in [5.74, 6) is -0.0302. The minimum Gasteiger partial charge on any atom is -0.466 e. The Balaban J connectivity index is 3.37. The Morgan fingerprint density at radius 2 is 0.681 bits per heavy atom. The number of hydrogen-bond acceptors (Lipinski definition) is 5. The van der Waals surface area contributed by atoms with Crippen LogP contribution in [-0.4, -0.2) is 47.4 Å². The summed E-state index contributed by atoms with van der Waals surface area (Å²) in [4.78, 5) is 24.5. The zero-order valence-electron chi connectivity index (χ0n) is 46.6. The highest BCUT2D eigenvalue weighted by Gasteiger charge is 2.20. The number of hydrogen-bond donors (Lipinski definition) is 3. The highest BCUT2D eigenvalue weighted by molar-refractivity contribution is 5.76. The molecule has 0 aliphatic heterocycles. The largest absolute Gasteiger partial charge is 0.466 e. The molecule has 0 aliphatic rings. The summed E-state index contributed by atoms with van der Waals surface area (Å²) in [5, 5.41) is 23.2. The van der Waals surface area contributed by atoms with Gasteiger partial charge in [0, 0.05) is 12.8 Å². The summed E-state index contributed by atoms with van der Waals surface area (Å²) in [6.07, 6.45) is 71.9. The SMILES string of the molecule is CCCCCCCC/C=C\CCCCCCCCCC(=O)OCCCCCCCCCCCCCC/C=C\CCCCCCCCCCC(=O)NC(CO)C(O)CCCCCCCCCCCCC. The average molecular weight is 973 g/mol. The van der Waals surface area contributed by atoms with E-state index in [2.05, 4.69) is 43.5 Å². The number of unbranched alkanes of at least 4 members (excludes halogenated alkanes) is 43. The Bertz CT molecular complexity index is 1080. The first-order valence-electron chi connectivity index (χ1n) is 31.1. The van der Waals surface area contributed by atoms with E-state index in [-0.39, 0.29) is 18.5 Å². The van der Waals surface area contributed by atoms with Gasteiger partial charge in [0.15, 0.2) is 0 Å². The molecule has 408 valence electrons. The van der Waals surface area contributed by atoms with Crippen LogP contribution in [0.4, 0.5) is 0 Å². The lowest BCUT2D eigenvalue weighted by Gasteiger charge is -2.22. The first-order valence-corrected chi connectivity index (χ1v) is 31.1. The summed E-state index contributed by atoms with van der Waals surface area (Å²) < 4.78 is 5.49. The van der Waals surface area contributed by atoms with Crippen LogP contribution in [0, 0.1) is 0 Å². The molecule has 0 bridgehead atoms. The van der Waals surface area contributed by atoms with Gasteiger partial charge in [0.2, 0.25) is 5.91 Å². The van der Waals surface area contributed by atoms with Gasteiger partial charge >= 0.3 is 5.97 Å². The molecular weight excluding hydrogens is 851 g/mol. The molecule has 2 unspecified atom stereocenters. The number of aliphatic hydroxyl groups excluding tert-OH is 2. The summed E-state index contributed by atoms with van der Waals surface area (Å²) in [5.41, 5.74) is 0. The minimum absolute atomic E-state index is 0.00945. The van der Waals surface area contributed by atoms with Crippen molar-refractivity contribution in [2.75, 3.05) is 13.2 Å². The highest BCUT2D eigenvalue weighted by atomic mass is 16.5. The predicted molar refractivity (Wildman–Crippen MR) is 301 cm³/mol. The monoisotopic (exact) mass is 972 g/mol. The van der Waals surface area contributed by atoms with Crippen LogP contribution in [0.3, 0.4) is 0 Å². The van der Waals surface area contributed by atoms with E-state index in [1.807, 2.05) is 0 Å². The number of nitrogens with one attached hydrogen (secondary N) is 1. The molecule has 0 aromatic carbocycles. The average Bonchev–Trinajstić information content (AvgIpc) is 3.35. The Kier molecular flexibility index (Phi) is 57.5. The van der Waals surface area contributed by atoms with Gasteiger partial charge in [-0.25, -0.2) is 0 Å². The molecule has 0 aromatic heterocycles. The number of carbonyl (C=O) groups is 2. The number of ether oxygens (including phenoxy) is 1. The number of esters is 1. The summed E-state index contributed by atoms with van der Waals surface area (Å²) in [7, 11) is 0. The fraction of sp³-hybridized carbons (Fsp3) is 0.905. The van der Waals surface area contributed by atoms with Crippen LogP contribution in [0.2, 0.25) is 0 Å². The minimum atomic E-state index is -0.665. The van der Waals surface area contributed by atoms with Crippen LogP contribution in [0.25, 0.3) is 0 Å². The topological polar surface area (TPSA) is 95.9 Å². The molecule has 0 rings (SSSR count). The van der Waals surface area contributed by atoms with E-state index in [9.17, 15) is 19.8 Å². The molecule has 2 atom stereocenters. The van der Waals surface area contributed by atoms with Crippen molar-refractivity contribution in [2.45, 2.75) is 353 Å². The molecule has 0 saturated heterocycles.